The molecule has 1 unspecified atom stereocenters. The van der Waals surface area contributed by atoms with Gasteiger partial charge in [0.2, 0.25) is 0 Å². The molecule has 0 aliphatic heterocycles. The Morgan fingerprint density at radius 1 is 1.27 bits per heavy atom. The van der Waals surface area contributed by atoms with Crippen molar-refractivity contribution >= 4 is 15.9 Å². The summed E-state index contributed by atoms with van der Waals surface area (Å²) >= 11 is 3.76. The Bertz CT molecular complexity index is 330. The lowest BCUT2D eigenvalue weighted by atomic mass is 10.0. The van der Waals surface area contributed by atoms with Gasteiger partial charge in [-0.15, -0.1) is 0 Å². The maximum Gasteiger partial charge on any atom is 0.0186 e. The third-order valence-corrected chi connectivity index (χ3v) is 4.00. The number of aryl methyl sites for hydroxylation is 2. The largest absolute Gasteiger partial charge is 0.0887 e. The highest BCUT2D eigenvalue weighted by atomic mass is 79.9. The van der Waals surface area contributed by atoms with Gasteiger partial charge < -0.3 is 0 Å². The van der Waals surface area contributed by atoms with Crippen LogP contribution in [0.2, 0.25) is 0 Å². The van der Waals surface area contributed by atoms with Crippen LogP contribution in [0.15, 0.2) is 18.2 Å². The summed E-state index contributed by atoms with van der Waals surface area (Å²) in [6.07, 6.45) is 7.66. The smallest absolute Gasteiger partial charge is 0.0186 e. The first-order valence-electron chi connectivity index (χ1n) is 6.04. The molecular formula is C14H19Br. The lowest BCUT2D eigenvalue weighted by molar-refractivity contribution is 0.744. The zero-order chi connectivity index (χ0) is 10.7. The summed E-state index contributed by atoms with van der Waals surface area (Å²) in [5.74, 6) is 0. The van der Waals surface area contributed by atoms with Crippen LogP contribution in [0.4, 0.5) is 0 Å². The number of hydrogen-bond acceptors (Lipinski definition) is 0. The molecule has 1 aromatic carbocycles. The van der Waals surface area contributed by atoms with Crippen LogP contribution in [0.3, 0.4) is 0 Å². The van der Waals surface area contributed by atoms with E-state index < -0.39 is 0 Å². The van der Waals surface area contributed by atoms with Crippen LogP contribution in [0, 0.1) is 0 Å². The molecule has 1 aliphatic carbocycles. The van der Waals surface area contributed by atoms with Crippen molar-refractivity contribution in [3.63, 3.8) is 0 Å². The van der Waals surface area contributed by atoms with E-state index in [1.54, 1.807) is 11.1 Å². The predicted octanol–water partition coefficient (Wildman–Crippen LogP) is 4.28. The molecule has 1 aromatic rings. The average Bonchev–Trinajstić information content (AvgIpc) is 2.65. The summed E-state index contributed by atoms with van der Waals surface area (Å²) < 4.78 is 0. The molecule has 82 valence electrons. The van der Waals surface area contributed by atoms with Crippen LogP contribution in [-0.4, -0.2) is 4.83 Å². The summed E-state index contributed by atoms with van der Waals surface area (Å²) in [4.78, 5) is 0.655. The highest BCUT2D eigenvalue weighted by molar-refractivity contribution is 9.09. The molecule has 0 saturated carbocycles. The van der Waals surface area contributed by atoms with Crippen LogP contribution >= 0.6 is 15.9 Å². The summed E-state index contributed by atoms with van der Waals surface area (Å²) in [6.45, 7) is 2.25. The van der Waals surface area contributed by atoms with E-state index in [9.17, 15) is 0 Å². The molecule has 0 heterocycles. The summed E-state index contributed by atoms with van der Waals surface area (Å²) in [7, 11) is 0. The van der Waals surface area contributed by atoms with Gasteiger partial charge in [0.1, 0.15) is 0 Å². The van der Waals surface area contributed by atoms with Gasteiger partial charge in [0.05, 0.1) is 0 Å². The van der Waals surface area contributed by atoms with Crippen LogP contribution in [0.5, 0.6) is 0 Å². The molecule has 2 rings (SSSR count). The van der Waals surface area contributed by atoms with E-state index in [4.69, 9.17) is 0 Å². The SMILES string of the molecule is CCCC(Br)Cc1ccc2c(c1)CCC2. The molecule has 0 N–H and O–H groups in total. The lowest BCUT2D eigenvalue weighted by Crippen LogP contribution is -2.02. The molecule has 0 aromatic heterocycles. The number of alkyl halides is 1. The highest BCUT2D eigenvalue weighted by Gasteiger charge is 2.12. The van der Waals surface area contributed by atoms with Gasteiger partial charge in [0.25, 0.3) is 0 Å². The molecule has 0 radical (unpaired) electrons. The quantitative estimate of drug-likeness (QED) is 0.714. The third kappa shape index (κ3) is 2.84. The Hall–Kier alpha value is -0.300. The van der Waals surface area contributed by atoms with E-state index in [0.29, 0.717) is 4.83 Å². The molecule has 0 amide bonds. The Labute approximate surface area is 101 Å². The maximum absolute atomic E-state index is 3.76. The van der Waals surface area contributed by atoms with Crippen molar-refractivity contribution in [2.75, 3.05) is 0 Å². The van der Waals surface area contributed by atoms with Gasteiger partial charge >= 0.3 is 0 Å². The van der Waals surface area contributed by atoms with Crippen molar-refractivity contribution in [1.29, 1.82) is 0 Å². The van der Waals surface area contributed by atoms with E-state index in [1.807, 2.05) is 0 Å². The molecule has 1 heteroatoms. The summed E-state index contributed by atoms with van der Waals surface area (Å²) in [6, 6.07) is 7.07. The molecule has 0 fully saturated rings. The van der Waals surface area contributed by atoms with Crippen molar-refractivity contribution in [3.05, 3.63) is 34.9 Å². The van der Waals surface area contributed by atoms with Crippen LogP contribution < -0.4 is 0 Å². The predicted molar refractivity (Wildman–Crippen MR) is 69.8 cm³/mol. The zero-order valence-electron chi connectivity index (χ0n) is 9.43. The zero-order valence-corrected chi connectivity index (χ0v) is 11.0. The molecule has 1 atom stereocenters. The second-order valence-corrected chi connectivity index (χ2v) is 5.84. The van der Waals surface area contributed by atoms with Crippen molar-refractivity contribution in [1.82, 2.24) is 0 Å². The standard InChI is InChI=1S/C14H19Br/c1-2-4-14(15)10-11-7-8-12-5-3-6-13(12)9-11/h7-9,14H,2-6,10H2,1H3. The van der Waals surface area contributed by atoms with Gasteiger partial charge in [-0.2, -0.15) is 0 Å². The number of rotatable bonds is 4. The van der Waals surface area contributed by atoms with Gasteiger partial charge in [0.15, 0.2) is 0 Å². The minimum atomic E-state index is 0.655. The minimum Gasteiger partial charge on any atom is -0.0887 e. The minimum absolute atomic E-state index is 0.655. The Morgan fingerprint density at radius 2 is 2.07 bits per heavy atom. The average molecular weight is 267 g/mol. The van der Waals surface area contributed by atoms with E-state index >= 15 is 0 Å². The number of benzene rings is 1. The molecule has 0 saturated heterocycles. The Morgan fingerprint density at radius 3 is 2.87 bits per heavy atom. The van der Waals surface area contributed by atoms with E-state index in [2.05, 4.69) is 41.1 Å². The second kappa shape index (κ2) is 5.16. The van der Waals surface area contributed by atoms with Crippen molar-refractivity contribution < 1.29 is 0 Å². The van der Waals surface area contributed by atoms with E-state index in [1.165, 1.54) is 44.1 Å². The van der Waals surface area contributed by atoms with Crippen LogP contribution in [0.25, 0.3) is 0 Å². The van der Waals surface area contributed by atoms with Crippen LogP contribution in [0.1, 0.15) is 42.9 Å². The third-order valence-electron chi connectivity index (χ3n) is 3.22. The number of hydrogen-bond donors (Lipinski definition) is 0. The lowest BCUT2D eigenvalue weighted by Gasteiger charge is -2.09. The molecular weight excluding hydrogens is 248 g/mol. The van der Waals surface area contributed by atoms with Crippen LogP contribution in [-0.2, 0) is 19.3 Å². The van der Waals surface area contributed by atoms with Gasteiger partial charge in [-0.1, -0.05) is 47.5 Å². The number of fused-ring (bicyclic) bond motifs is 1. The summed E-state index contributed by atoms with van der Waals surface area (Å²) in [5, 5.41) is 0. The van der Waals surface area contributed by atoms with Crippen molar-refractivity contribution in [2.45, 2.75) is 50.3 Å². The summed E-state index contributed by atoms with van der Waals surface area (Å²) in [5.41, 5.74) is 4.69. The molecule has 0 spiro atoms. The number of halogens is 1. The molecule has 1 aliphatic rings. The van der Waals surface area contributed by atoms with Crippen molar-refractivity contribution in [3.8, 4) is 0 Å². The first-order chi connectivity index (χ1) is 7.29. The van der Waals surface area contributed by atoms with Gasteiger partial charge in [0, 0.05) is 4.83 Å². The Balaban J connectivity index is 2.03. The van der Waals surface area contributed by atoms with Gasteiger partial charge in [-0.05, 0) is 48.8 Å². The molecule has 15 heavy (non-hydrogen) atoms. The fourth-order valence-corrected chi connectivity index (χ4v) is 3.25. The first kappa shape index (κ1) is 11.2. The topological polar surface area (TPSA) is 0 Å². The Kier molecular flexibility index (Phi) is 3.85. The highest BCUT2D eigenvalue weighted by Crippen LogP contribution is 2.24. The van der Waals surface area contributed by atoms with Crippen molar-refractivity contribution in [2.24, 2.45) is 0 Å². The maximum atomic E-state index is 3.76. The van der Waals surface area contributed by atoms with E-state index in [-0.39, 0.29) is 0 Å². The molecule has 0 bridgehead atoms. The molecule has 0 nitrogen and oxygen atoms in total. The fraction of sp³-hybridized carbons (Fsp3) is 0.571. The normalized spacial score (nSPS) is 16.4. The van der Waals surface area contributed by atoms with E-state index in [0.717, 1.165) is 0 Å². The van der Waals surface area contributed by atoms with Gasteiger partial charge in [-0.3, -0.25) is 0 Å². The monoisotopic (exact) mass is 266 g/mol. The van der Waals surface area contributed by atoms with Gasteiger partial charge in [-0.25, -0.2) is 0 Å². The fourth-order valence-electron chi connectivity index (χ4n) is 2.42. The first-order valence-corrected chi connectivity index (χ1v) is 6.96. The second-order valence-electron chi connectivity index (χ2n) is 4.55.